The maximum absolute atomic E-state index is 9.65. The fraction of sp³-hybridized carbons (Fsp3) is 1.00. The van der Waals surface area contributed by atoms with E-state index in [-0.39, 0.29) is 12.2 Å². The van der Waals surface area contributed by atoms with E-state index in [1.54, 1.807) is 0 Å². The first-order valence-corrected chi connectivity index (χ1v) is 4.59. The highest BCUT2D eigenvalue weighted by molar-refractivity contribution is 4.85. The molecule has 1 saturated carbocycles. The summed E-state index contributed by atoms with van der Waals surface area (Å²) in [5.74, 6) is 0.534. The maximum Gasteiger partial charge on any atom is 0.0833 e. The summed E-state index contributed by atoms with van der Waals surface area (Å²) in [6, 6.07) is 0. The van der Waals surface area contributed by atoms with Crippen LogP contribution in [0, 0.1) is 5.92 Å². The number of rotatable bonds is 5. The Hall–Kier alpha value is -0.0800. The first kappa shape index (κ1) is 9.01. The van der Waals surface area contributed by atoms with Gasteiger partial charge in [0, 0.05) is 6.61 Å². The van der Waals surface area contributed by atoms with Gasteiger partial charge in [-0.2, -0.15) is 0 Å². The predicted octanol–water partition coefficient (Wildman–Crippen LogP) is 1.57. The highest BCUT2D eigenvalue weighted by atomic mass is 16.5. The molecule has 1 aliphatic rings. The Labute approximate surface area is 68.6 Å². The van der Waals surface area contributed by atoms with Crippen LogP contribution in [0.25, 0.3) is 0 Å². The van der Waals surface area contributed by atoms with Crippen LogP contribution in [0.2, 0.25) is 0 Å². The van der Waals surface area contributed by atoms with Crippen LogP contribution in [0.3, 0.4) is 0 Å². The Bertz CT molecular complexity index is 110. The normalized spacial score (nSPS) is 23.2. The van der Waals surface area contributed by atoms with Crippen LogP contribution >= 0.6 is 0 Å². The Morgan fingerprint density at radius 1 is 1.45 bits per heavy atom. The van der Waals surface area contributed by atoms with Gasteiger partial charge in [0.25, 0.3) is 0 Å². The highest BCUT2D eigenvalue weighted by Gasteiger charge is 2.34. The van der Waals surface area contributed by atoms with Gasteiger partial charge >= 0.3 is 0 Å². The quantitative estimate of drug-likeness (QED) is 0.658. The Morgan fingerprint density at radius 2 is 2.09 bits per heavy atom. The number of ether oxygens (including phenoxy) is 1. The molecule has 1 rings (SSSR count). The van der Waals surface area contributed by atoms with Gasteiger partial charge in [0.2, 0.25) is 0 Å². The number of aliphatic hydroxyl groups is 1. The van der Waals surface area contributed by atoms with Gasteiger partial charge in [-0.05, 0) is 32.1 Å². The minimum absolute atomic E-state index is 0.0764. The molecule has 0 bridgehead atoms. The summed E-state index contributed by atoms with van der Waals surface area (Å²) in [5.41, 5.74) is 0. The van der Waals surface area contributed by atoms with Crippen LogP contribution in [-0.4, -0.2) is 23.9 Å². The third-order valence-electron chi connectivity index (χ3n) is 2.27. The maximum atomic E-state index is 9.65. The van der Waals surface area contributed by atoms with Crippen molar-refractivity contribution in [1.29, 1.82) is 0 Å². The number of hydrogen-bond acceptors (Lipinski definition) is 2. The summed E-state index contributed by atoms with van der Waals surface area (Å²) in [6.45, 7) is 4.75. The molecule has 2 atom stereocenters. The molecule has 0 amide bonds. The molecule has 11 heavy (non-hydrogen) atoms. The molecular weight excluding hydrogens is 140 g/mol. The van der Waals surface area contributed by atoms with Crippen molar-refractivity contribution in [3.63, 3.8) is 0 Å². The summed E-state index contributed by atoms with van der Waals surface area (Å²) < 4.78 is 5.40. The molecule has 0 radical (unpaired) electrons. The summed E-state index contributed by atoms with van der Waals surface area (Å²) in [6.07, 6.45) is 3.16. The van der Waals surface area contributed by atoms with Crippen molar-refractivity contribution in [1.82, 2.24) is 0 Å². The van der Waals surface area contributed by atoms with Crippen LogP contribution in [0.1, 0.15) is 33.1 Å². The Balaban J connectivity index is 2.26. The molecule has 0 heterocycles. The third kappa shape index (κ3) is 2.46. The average molecular weight is 158 g/mol. The molecular formula is C9H18O2. The van der Waals surface area contributed by atoms with E-state index in [0.717, 1.165) is 6.42 Å². The van der Waals surface area contributed by atoms with Crippen molar-refractivity contribution in [3.05, 3.63) is 0 Å². The average Bonchev–Trinajstić information content (AvgIpc) is 2.81. The van der Waals surface area contributed by atoms with Crippen molar-refractivity contribution in [3.8, 4) is 0 Å². The molecule has 1 aliphatic carbocycles. The van der Waals surface area contributed by atoms with Crippen LogP contribution in [0.4, 0.5) is 0 Å². The van der Waals surface area contributed by atoms with E-state index in [4.69, 9.17) is 4.74 Å². The molecule has 0 aromatic carbocycles. The second-order valence-corrected chi connectivity index (χ2v) is 3.23. The molecule has 2 heteroatoms. The van der Waals surface area contributed by atoms with Crippen LogP contribution in [0.5, 0.6) is 0 Å². The van der Waals surface area contributed by atoms with Gasteiger partial charge in [-0.1, -0.05) is 6.92 Å². The van der Waals surface area contributed by atoms with Crippen molar-refractivity contribution in [2.45, 2.75) is 45.3 Å². The minimum atomic E-state index is -0.208. The monoisotopic (exact) mass is 158 g/mol. The fourth-order valence-electron chi connectivity index (χ4n) is 1.41. The largest absolute Gasteiger partial charge is 0.390 e. The lowest BCUT2D eigenvalue weighted by molar-refractivity contribution is -0.0433. The third-order valence-corrected chi connectivity index (χ3v) is 2.27. The Kier molecular flexibility index (Phi) is 3.34. The van der Waals surface area contributed by atoms with E-state index in [2.05, 4.69) is 6.92 Å². The number of hydrogen-bond donors (Lipinski definition) is 1. The van der Waals surface area contributed by atoms with E-state index in [1.165, 1.54) is 12.8 Å². The predicted molar refractivity (Wildman–Crippen MR) is 44.4 cm³/mol. The van der Waals surface area contributed by atoms with E-state index in [1.807, 2.05) is 6.92 Å². The molecule has 0 spiro atoms. The molecule has 0 saturated heterocycles. The van der Waals surface area contributed by atoms with Gasteiger partial charge in [-0.25, -0.2) is 0 Å². The van der Waals surface area contributed by atoms with Gasteiger partial charge in [0.15, 0.2) is 0 Å². The summed E-state index contributed by atoms with van der Waals surface area (Å²) in [7, 11) is 0. The van der Waals surface area contributed by atoms with Gasteiger partial charge < -0.3 is 9.84 Å². The van der Waals surface area contributed by atoms with Gasteiger partial charge in [-0.3, -0.25) is 0 Å². The molecule has 1 N–H and O–H groups in total. The number of aliphatic hydroxyl groups excluding tert-OH is 1. The van der Waals surface area contributed by atoms with Crippen molar-refractivity contribution < 1.29 is 9.84 Å². The van der Waals surface area contributed by atoms with Crippen LogP contribution < -0.4 is 0 Å². The lowest BCUT2D eigenvalue weighted by Gasteiger charge is -2.20. The Morgan fingerprint density at radius 3 is 2.45 bits per heavy atom. The first-order valence-electron chi connectivity index (χ1n) is 4.59. The van der Waals surface area contributed by atoms with E-state index < -0.39 is 0 Å². The van der Waals surface area contributed by atoms with Gasteiger partial charge in [0.1, 0.15) is 0 Å². The van der Waals surface area contributed by atoms with Crippen LogP contribution in [-0.2, 0) is 4.74 Å². The second kappa shape index (κ2) is 4.07. The molecule has 0 aromatic heterocycles. The summed E-state index contributed by atoms with van der Waals surface area (Å²) >= 11 is 0. The molecule has 66 valence electrons. The fourth-order valence-corrected chi connectivity index (χ4v) is 1.41. The zero-order chi connectivity index (χ0) is 8.27. The second-order valence-electron chi connectivity index (χ2n) is 3.23. The molecule has 2 nitrogen and oxygen atoms in total. The van der Waals surface area contributed by atoms with E-state index >= 15 is 0 Å². The molecule has 2 unspecified atom stereocenters. The zero-order valence-corrected chi connectivity index (χ0v) is 7.42. The smallest absolute Gasteiger partial charge is 0.0833 e. The van der Waals surface area contributed by atoms with Crippen molar-refractivity contribution in [2.75, 3.05) is 6.61 Å². The van der Waals surface area contributed by atoms with Gasteiger partial charge in [-0.15, -0.1) is 0 Å². The summed E-state index contributed by atoms with van der Waals surface area (Å²) in [4.78, 5) is 0. The molecule has 0 aromatic rings. The van der Waals surface area contributed by atoms with E-state index in [0.29, 0.717) is 12.5 Å². The summed E-state index contributed by atoms with van der Waals surface area (Å²) in [5, 5.41) is 9.65. The van der Waals surface area contributed by atoms with Crippen molar-refractivity contribution in [2.24, 2.45) is 5.92 Å². The van der Waals surface area contributed by atoms with Crippen molar-refractivity contribution >= 4 is 0 Å². The molecule has 0 aliphatic heterocycles. The highest BCUT2D eigenvalue weighted by Crippen LogP contribution is 2.35. The first-order chi connectivity index (χ1) is 5.29. The minimum Gasteiger partial charge on any atom is -0.390 e. The SMILES string of the molecule is CCOC(CC)C(O)C1CC1. The standard InChI is InChI=1S/C9H18O2/c1-3-8(11-4-2)9(10)7-5-6-7/h7-10H,3-6H2,1-2H3. The lowest BCUT2D eigenvalue weighted by atomic mass is 10.1. The van der Waals surface area contributed by atoms with Crippen LogP contribution in [0.15, 0.2) is 0 Å². The van der Waals surface area contributed by atoms with E-state index in [9.17, 15) is 5.11 Å². The topological polar surface area (TPSA) is 29.5 Å². The zero-order valence-electron chi connectivity index (χ0n) is 7.42. The molecule has 1 fully saturated rings. The van der Waals surface area contributed by atoms with Gasteiger partial charge in [0.05, 0.1) is 12.2 Å². The lowest BCUT2D eigenvalue weighted by Crippen LogP contribution is -2.30.